The lowest BCUT2D eigenvalue weighted by molar-refractivity contribution is 1.19. The molecular formula is C7H12N6. The Kier molecular flexibility index (Phi) is 2.53. The zero-order chi connectivity index (χ0) is 9.84. The van der Waals surface area contributed by atoms with Crippen molar-refractivity contribution in [2.75, 3.05) is 11.9 Å². The van der Waals surface area contributed by atoms with Crippen molar-refractivity contribution in [2.24, 2.45) is 16.5 Å². The number of hydrogen-bond donors (Lipinski definition) is 4. The third-order valence-electron chi connectivity index (χ3n) is 1.52. The highest BCUT2D eigenvalue weighted by molar-refractivity contribution is 6.00. The molecule has 1 aromatic heterocycles. The Bertz CT molecular complexity index is 308. The largest absolute Gasteiger partial charge is 0.370 e. The highest BCUT2D eigenvalue weighted by Crippen LogP contribution is 2.10. The lowest BCUT2D eigenvalue weighted by Gasteiger charge is -2.14. The minimum Gasteiger partial charge on any atom is -0.370 e. The Morgan fingerprint density at radius 1 is 1.62 bits per heavy atom. The van der Waals surface area contributed by atoms with Gasteiger partial charge in [0.15, 0.2) is 5.96 Å². The van der Waals surface area contributed by atoms with Gasteiger partial charge in [-0.3, -0.25) is 5.41 Å². The van der Waals surface area contributed by atoms with Crippen LogP contribution >= 0.6 is 0 Å². The van der Waals surface area contributed by atoms with Crippen molar-refractivity contribution in [1.29, 1.82) is 5.41 Å². The number of nitrogens with zero attached hydrogens (tertiary/aromatic N) is 2. The van der Waals surface area contributed by atoms with Crippen LogP contribution in [0.25, 0.3) is 0 Å². The van der Waals surface area contributed by atoms with Crippen molar-refractivity contribution in [1.82, 2.24) is 4.98 Å². The summed E-state index contributed by atoms with van der Waals surface area (Å²) in [6, 6.07) is 1.82. The smallest absolute Gasteiger partial charge is 0.225 e. The van der Waals surface area contributed by atoms with Crippen LogP contribution in [0.15, 0.2) is 23.5 Å². The summed E-state index contributed by atoms with van der Waals surface area (Å²) in [7, 11) is 1.71. The first kappa shape index (κ1) is 9.11. The van der Waals surface area contributed by atoms with Gasteiger partial charge in [0.25, 0.3) is 0 Å². The third-order valence-corrected chi connectivity index (χ3v) is 1.52. The number of guanidine groups is 2. The molecule has 0 saturated heterocycles. The van der Waals surface area contributed by atoms with Crippen LogP contribution in [0, 0.1) is 5.41 Å². The number of anilines is 1. The van der Waals surface area contributed by atoms with E-state index < -0.39 is 0 Å². The molecule has 0 fully saturated rings. The molecule has 6 heteroatoms. The molecule has 0 amide bonds. The lowest BCUT2D eigenvalue weighted by Crippen LogP contribution is -2.30. The van der Waals surface area contributed by atoms with E-state index in [0.717, 1.165) is 5.69 Å². The fourth-order valence-corrected chi connectivity index (χ4v) is 0.843. The zero-order valence-corrected chi connectivity index (χ0v) is 7.28. The summed E-state index contributed by atoms with van der Waals surface area (Å²) in [5.74, 6) is -0.119. The van der Waals surface area contributed by atoms with Crippen LogP contribution in [-0.2, 0) is 0 Å². The normalized spacial score (nSPS) is 9.31. The van der Waals surface area contributed by atoms with Crippen molar-refractivity contribution in [3.05, 3.63) is 18.5 Å². The second kappa shape index (κ2) is 3.61. The van der Waals surface area contributed by atoms with Gasteiger partial charge in [0, 0.05) is 19.4 Å². The molecule has 6 N–H and O–H groups in total. The number of aromatic nitrogens is 1. The molecule has 0 saturated carbocycles. The molecule has 70 valence electrons. The minimum absolute atomic E-state index is 0.000370. The van der Waals surface area contributed by atoms with E-state index in [1.165, 1.54) is 0 Å². The Balaban J connectivity index is 2.74. The summed E-state index contributed by atoms with van der Waals surface area (Å²) in [4.78, 5) is 8.02. The second-order valence-corrected chi connectivity index (χ2v) is 2.49. The number of rotatable bonds is 1. The van der Waals surface area contributed by atoms with E-state index in [-0.39, 0.29) is 11.9 Å². The maximum absolute atomic E-state index is 7.47. The van der Waals surface area contributed by atoms with E-state index >= 15 is 0 Å². The molecule has 0 unspecified atom stereocenters. The molecule has 1 heterocycles. The van der Waals surface area contributed by atoms with Gasteiger partial charge in [-0.1, -0.05) is 0 Å². The molecule has 0 spiro atoms. The molecule has 0 aliphatic heterocycles. The van der Waals surface area contributed by atoms with Crippen LogP contribution in [-0.4, -0.2) is 24.0 Å². The Morgan fingerprint density at radius 2 is 2.31 bits per heavy atom. The number of H-pyrrole nitrogens is 1. The average molecular weight is 180 g/mol. The van der Waals surface area contributed by atoms with Gasteiger partial charge in [-0.15, -0.1) is 0 Å². The number of nitrogens with two attached hydrogens (primary N) is 2. The van der Waals surface area contributed by atoms with Crippen molar-refractivity contribution in [3.63, 3.8) is 0 Å². The fraction of sp³-hybridized carbons (Fsp3) is 0.143. The minimum atomic E-state index is -0.118. The first-order valence-electron chi connectivity index (χ1n) is 3.66. The summed E-state index contributed by atoms with van der Waals surface area (Å²) in [5.41, 5.74) is 11.1. The summed E-state index contributed by atoms with van der Waals surface area (Å²) >= 11 is 0. The van der Waals surface area contributed by atoms with Crippen LogP contribution in [0.3, 0.4) is 0 Å². The predicted molar refractivity (Wildman–Crippen MR) is 52.7 cm³/mol. The van der Waals surface area contributed by atoms with Gasteiger partial charge in [-0.2, -0.15) is 4.99 Å². The Hall–Kier alpha value is -1.98. The van der Waals surface area contributed by atoms with Crippen molar-refractivity contribution >= 4 is 17.6 Å². The number of nitrogens with one attached hydrogen (secondary N) is 2. The highest BCUT2D eigenvalue weighted by Gasteiger charge is 2.05. The van der Waals surface area contributed by atoms with Gasteiger partial charge in [-0.05, 0) is 6.07 Å². The maximum atomic E-state index is 7.47. The number of aromatic amines is 1. The predicted octanol–water partition coefficient (Wildman–Crippen LogP) is -0.341. The molecule has 0 bridgehead atoms. The second-order valence-electron chi connectivity index (χ2n) is 2.49. The van der Waals surface area contributed by atoms with E-state index in [1.807, 2.05) is 6.07 Å². The van der Waals surface area contributed by atoms with E-state index in [9.17, 15) is 0 Å². The molecule has 0 aliphatic rings. The number of hydrogen-bond acceptors (Lipinski definition) is 1. The van der Waals surface area contributed by atoms with Crippen LogP contribution in [0.4, 0.5) is 5.69 Å². The fourth-order valence-electron chi connectivity index (χ4n) is 0.843. The summed E-state index contributed by atoms with van der Waals surface area (Å²) in [6.45, 7) is 0. The van der Waals surface area contributed by atoms with Crippen LogP contribution < -0.4 is 16.4 Å². The summed E-state index contributed by atoms with van der Waals surface area (Å²) < 4.78 is 0. The van der Waals surface area contributed by atoms with E-state index in [0.29, 0.717) is 0 Å². The highest BCUT2D eigenvalue weighted by atomic mass is 15.3. The molecule has 1 rings (SSSR count). The van der Waals surface area contributed by atoms with Gasteiger partial charge in [0.1, 0.15) is 0 Å². The molecule has 13 heavy (non-hydrogen) atoms. The van der Waals surface area contributed by atoms with Gasteiger partial charge in [0.2, 0.25) is 5.96 Å². The van der Waals surface area contributed by atoms with E-state index in [2.05, 4.69) is 9.98 Å². The molecular weight excluding hydrogens is 168 g/mol. The molecule has 0 atom stereocenters. The third kappa shape index (κ3) is 2.22. The van der Waals surface area contributed by atoms with Gasteiger partial charge in [0.05, 0.1) is 5.69 Å². The van der Waals surface area contributed by atoms with E-state index in [1.54, 1.807) is 24.3 Å². The lowest BCUT2D eigenvalue weighted by atomic mass is 10.5. The van der Waals surface area contributed by atoms with Crippen molar-refractivity contribution < 1.29 is 0 Å². The molecule has 6 nitrogen and oxygen atoms in total. The average Bonchev–Trinajstić information content (AvgIpc) is 2.53. The maximum Gasteiger partial charge on any atom is 0.225 e. The van der Waals surface area contributed by atoms with Crippen LogP contribution in [0.1, 0.15) is 0 Å². The molecule has 1 aromatic rings. The standard InChI is InChI=1S/C7H12N6/c1-13(5-2-3-11-4-5)7(10)12-6(8)9/h2-4,11H,1H3,(H5,8,9,10,12). The summed E-state index contributed by atoms with van der Waals surface area (Å²) in [5, 5.41) is 7.47. The molecule has 0 radical (unpaired) electrons. The van der Waals surface area contributed by atoms with Crippen molar-refractivity contribution in [3.8, 4) is 0 Å². The Morgan fingerprint density at radius 3 is 2.77 bits per heavy atom. The first-order chi connectivity index (χ1) is 6.11. The SMILES string of the molecule is CN(C(=N)N=C(N)N)c1cc[nH]c1. The first-order valence-corrected chi connectivity index (χ1v) is 3.66. The quantitative estimate of drug-likeness (QED) is 0.350. The zero-order valence-electron chi connectivity index (χ0n) is 7.28. The molecule has 0 aliphatic carbocycles. The monoisotopic (exact) mass is 180 g/mol. The van der Waals surface area contributed by atoms with E-state index in [4.69, 9.17) is 16.9 Å². The van der Waals surface area contributed by atoms with Crippen molar-refractivity contribution in [2.45, 2.75) is 0 Å². The van der Waals surface area contributed by atoms with Crippen LogP contribution in [0.2, 0.25) is 0 Å². The molecule has 0 aromatic carbocycles. The van der Waals surface area contributed by atoms with Gasteiger partial charge >= 0.3 is 0 Å². The van der Waals surface area contributed by atoms with Gasteiger partial charge < -0.3 is 21.4 Å². The summed E-state index contributed by atoms with van der Waals surface area (Å²) in [6.07, 6.45) is 3.51. The van der Waals surface area contributed by atoms with Crippen LogP contribution in [0.5, 0.6) is 0 Å². The topological polar surface area (TPSA) is 107 Å². The number of aliphatic imine (C=N–C) groups is 1. The Labute approximate surface area is 75.8 Å². The van der Waals surface area contributed by atoms with Gasteiger partial charge in [-0.25, -0.2) is 0 Å².